The molecule has 0 fully saturated rings. The molecule has 2 unspecified atom stereocenters. The molecule has 20 heavy (non-hydrogen) atoms. The molecule has 0 radical (unpaired) electrons. The first-order valence-electron chi connectivity index (χ1n) is 5.86. The lowest BCUT2D eigenvalue weighted by atomic mass is 9.66. The summed E-state index contributed by atoms with van der Waals surface area (Å²) in [7, 11) is 0. The number of Topliss-reactive ketones (excluding diaryl/α,β-unsaturated/α-hetero) is 1. The van der Waals surface area contributed by atoms with E-state index in [1.807, 2.05) is 0 Å². The number of carboxylic acids is 2. The van der Waals surface area contributed by atoms with Crippen LogP contribution in [-0.2, 0) is 14.4 Å². The van der Waals surface area contributed by atoms with Crippen LogP contribution >= 0.6 is 0 Å². The van der Waals surface area contributed by atoms with Gasteiger partial charge in [-0.1, -0.05) is 31.2 Å². The first kappa shape index (κ1) is 16.1. The number of rotatable bonds is 5. The van der Waals surface area contributed by atoms with Gasteiger partial charge in [0.25, 0.3) is 5.60 Å². The van der Waals surface area contributed by atoms with Crippen molar-refractivity contribution < 1.29 is 34.8 Å². The molecule has 1 aliphatic rings. The maximum atomic E-state index is 12.4. The van der Waals surface area contributed by atoms with Crippen LogP contribution < -0.4 is 0 Å². The number of ketones is 1. The fourth-order valence-corrected chi connectivity index (χ4v) is 2.05. The Hall–Kier alpha value is -1.99. The second-order valence-corrected chi connectivity index (χ2v) is 4.96. The Labute approximate surface area is 114 Å². The SMILES string of the molecule is CC1C=CC=CC1(C)C(=O)[C@](O)(C(=O)O)[C@@H](O)C(=O)O. The minimum Gasteiger partial charge on any atom is -0.479 e. The molecule has 4 atom stereocenters. The molecule has 7 heteroatoms. The zero-order chi connectivity index (χ0) is 15.7. The fourth-order valence-electron chi connectivity index (χ4n) is 2.05. The van der Waals surface area contributed by atoms with Crippen molar-refractivity contribution in [1.29, 1.82) is 0 Å². The number of carbonyl (C=O) groups excluding carboxylic acids is 1. The Bertz CT molecular complexity index is 507. The molecule has 0 spiro atoms. The molecular formula is C13H16O7. The molecule has 0 aromatic carbocycles. The quantitative estimate of drug-likeness (QED) is 0.504. The van der Waals surface area contributed by atoms with Crippen molar-refractivity contribution in [3.63, 3.8) is 0 Å². The first-order chi connectivity index (χ1) is 9.08. The Kier molecular flexibility index (Phi) is 4.16. The van der Waals surface area contributed by atoms with Gasteiger partial charge >= 0.3 is 11.9 Å². The molecule has 0 saturated carbocycles. The normalized spacial score (nSPS) is 29.5. The lowest BCUT2D eigenvalue weighted by Gasteiger charge is -2.37. The average Bonchev–Trinajstić information content (AvgIpc) is 2.39. The summed E-state index contributed by atoms with van der Waals surface area (Å²) in [5.74, 6) is -5.84. The van der Waals surface area contributed by atoms with Crippen molar-refractivity contribution in [1.82, 2.24) is 0 Å². The highest BCUT2D eigenvalue weighted by molar-refractivity contribution is 6.13. The number of hydrogen-bond acceptors (Lipinski definition) is 5. The van der Waals surface area contributed by atoms with E-state index in [0.29, 0.717) is 0 Å². The van der Waals surface area contributed by atoms with Gasteiger partial charge < -0.3 is 20.4 Å². The van der Waals surface area contributed by atoms with Crippen LogP contribution in [0.4, 0.5) is 0 Å². The zero-order valence-electron chi connectivity index (χ0n) is 11.0. The van der Waals surface area contributed by atoms with Crippen LogP contribution in [0.2, 0.25) is 0 Å². The van der Waals surface area contributed by atoms with E-state index in [9.17, 15) is 24.6 Å². The zero-order valence-corrected chi connectivity index (χ0v) is 11.0. The Morgan fingerprint density at radius 1 is 1.25 bits per heavy atom. The van der Waals surface area contributed by atoms with E-state index in [-0.39, 0.29) is 0 Å². The van der Waals surface area contributed by atoms with E-state index in [2.05, 4.69) is 0 Å². The maximum Gasteiger partial charge on any atom is 0.347 e. The molecule has 7 nitrogen and oxygen atoms in total. The van der Waals surface area contributed by atoms with Gasteiger partial charge in [0.2, 0.25) is 0 Å². The lowest BCUT2D eigenvalue weighted by Crippen LogP contribution is -2.63. The second kappa shape index (κ2) is 5.18. The van der Waals surface area contributed by atoms with Gasteiger partial charge in [-0.05, 0) is 12.8 Å². The number of hydrogen-bond donors (Lipinski definition) is 4. The first-order valence-corrected chi connectivity index (χ1v) is 5.86. The Morgan fingerprint density at radius 3 is 2.20 bits per heavy atom. The number of carbonyl (C=O) groups is 3. The summed E-state index contributed by atoms with van der Waals surface area (Å²) in [5, 5.41) is 37.1. The average molecular weight is 284 g/mol. The van der Waals surface area contributed by atoms with Crippen LogP contribution in [0, 0.1) is 11.3 Å². The van der Waals surface area contributed by atoms with E-state index in [1.54, 1.807) is 19.1 Å². The van der Waals surface area contributed by atoms with E-state index in [1.165, 1.54) is 19.1 Å². The molecular weight excluding hydrogens is 268 g/mol. The standard InChI is InChI=1S/C13H16O7/c1-7-5-3-4-6-12(7,2)10(17)13(20,11(18)19)8(14)9(15)16/h3-8,14,20H,1-2H3,(H,15,16)(H,18,19)/t7?,8-,12?,13-/m0/s1. The van der Waals surface area contributed by atoms with Crippen LogP contribution in [0.25, 0.3) is 0 Å². The van der Waals surface area contributed by atoms with Crippen molar-refractivity contribution in [2.45, 2.75) is 25.6 Å². The third kappa shape index (κ3) is 2.25. The molecule has 110 valence electrons. The van der Waals surface area contributed by atoms with Gasteiger partial charge in [-0.25, -0.2) is 9.59 Å². The highest BCUT2D eigenvalue weighted by Crippen LogP contribution is 2.38. The molecule has 0 amide bonds. The highest BCUT2D eigenvalue weighted by Gasteiger charge is 2.59. The maximum absolute atomic E-state index is 12.4. The molecule has 0 heterocycles. The molecule has 0 aromatic rings. The van der Waals surface area contributed by atoms with Gasteiger partial charge in [-0.15, -0.1) is 0 Å². The molecule has 1 aliphatic carbocycles. The molecule has 4 N–H and O–H groups in total. The Morgan fingerprint density at radius 2 is 1.80 bits per heavy atom. The van der Waals surface area contributed by atoms with Gasteiger partial charge in [-0.2, -0.15) is 0 Å². The molecule has 0 bridgehead atoms. The summed E-state index contributed by atoms with van der Waals surface area (Å²) >= 11 is 0. The van der Waals surface area contributed by atoms with E-state index < -0.39 is 40.8 Å². The van der Waals surface area contributed by atoms with Gasteiger partial charge in [0, 0.05) is 0 Å². The van der Waals surface area contributed by atoms with Gasteiger partial charge in [0.15, 0.2) is 11.9 Å². The van der Waals surface area contributed by atoms with Crippen molar-refractivity contribution >= 4 is 17.7 Å². The lowest BCUT2D eigenvalue weighted by molar-refractivity contribution is -0.190. The van der Waals surface area contributed by atoms with Crippen LogP contribution in [0.15, 0.2) is 24.3 Å². The Balaban J connectivity index is 3.33. The topological polar surface area (TPSA) is 132 Å². The summed E-state index contributed by atoms with van der Waals surface area (Å²) in [5.41, 5.74) is -4.84. The van der Waals surface area contributed by atoms with Gasteiger partial charge in [0.05, 0.1) is 5.41 Å². The van der Waals surface area contributed by atoms with Crippen LogP contribution in [0.1, 0.15) is 13.8 Å². The third-order valence-corrected chi connectivity index (χ3v) is 3.69. The van der Waals surface area contributed by atoms with Crippen molar-refractivity contribution in [3.8, 4) is 0 Å². The second-order valence-electron chi connectivity index (χ2n) is 4.96. The highest BCUT2D eigenvalue weighted by atomic mass is 16.4. The van der Waals surface area contributed by atoms with E-state index in [4.69, 9.17) is 10.2 Å². The minimum atomic E-state index is -3.41. The predicted molar refractivity (Wildman–Crippen MR) is 66.8 cm³/mol. The summed E-state index contributed by atoms with van der Waals surface area (Å²) in [4.78, 5) is 34.3. The number of aliphatic hydroxyl groups excluding tert-OH is 1. The summed E-state index contributed by atoms with van der Waals surface area (Å²) in [6.07, 6.45) is 3.38. The van der Waals surface area contributed by atoms with Crippen LogP contribution in [0.3, 0.4) is 0 Å². The molecule has 0 aliphatic heterocycles. The van der Waals surface area contributed by atoms with Crippen LogP contribution in [-0.4, -0.2) is 49.9 Å². The number of carboxylic acid groups (broad SMARTS) is 2. The van der Waals surface area contributed by atoms with Crippen molar-refractivity contribution in [2.24, 2.45) is 11.3 Å². The fraction of sp³-hybridized carbons (Fsp3) is 0.462. The van der Waals surface area contributed by atoms with Gasteiger partial charge in [0.1, 0.15) is 0 Å². The van der Waals surface area contributed by atoms with Crippen molar-refractivity contribution in [2.75, 3.05) is 0 Å². The number of allylic oxidation sites excluding steroid dienone is 4. The van der Waals surface area contributed by atoms with E-state index in [0.717, 1.165) is 0 Å². The number of aliphatic carboxylic acids is 2. The monoisotopic (exact) mass is 284 g/mol. The van der Waals surface area contributed by atoms with Crippen LogP contribution in [0.5, 0.6) is 0 Å². The van der Waals surface area contributed by atoms with E-state index >= 15 is 0 Å². The third-order valence-electron chi connectivity index (χ3n) is 3.69. The smallest absolute Gasteiger partial charge is 0.347 e. The largest absolute Gasteiger partial charge is 0.479 e. The van der Waals surface area contributed by atoms with Crippen molar-refractivity contribution in [3.05, 3.63) is 24.3 Å². The summed E-state index contributed by atoms with van der Waals surface area (Å²) < 4.78 is 0. The molecule has 0 aromatic heterocycles. The number of aliphatic hydroxyl groups is 2. The molecule has 0 saturated heterocycles. The predicted octanol–water partition coefficient (Wildman–Crippen LogP) is -0.415. The molecule has 1 rings (SSSR count). The minimum absolute atomic E-state index is 0.466. The summed E-state index contributed by atoms with van der Waals surface area (Å²) in [6.45, 7) is 3.00. The summed E-state index contributed by atoms with van der Waals surface area (Å²) in [6, 6.07) is 0. The van der Waals surface area contributed by atoms with Gasteiger partial charge in [-0.3, -0.25) is 4.79 Å².